The molecule has 0 aromatic heterocycles. The van der Waals surface area contributed by atoms with E-state index in [2.05, 4.69) is 0 Å². The van der Waals surface area contributed by atoms with Crippen molar-refractivity contribution in [3.8, 4) is 0 Å². The topological polar surface area (TPSA) is 78.4 Å². The Morgan fingerprint density at radius 1 is 1.56 bits per heavy atom. The maximum atomic E-state index is 11.0. The van der Waals surface area contributed by atoms with Crippen LogP contribution < -0.4 is 5.73 Å². The molecule has 0 bridgehead atoms. The van der Waals surface area contributed by atoms with E-state index in [9.17, 15) is 10.1 Å². The van der Waals surface area contributed by atoms with Gasteiger partial charge < -0.3 is 10.5 Å². The third-order valence-corrected chi connectivity index (χ3v) is 3.37. The average Bonchev–Trinajstić information content (AvgIpc) is 2.28. The number of halogens is 1. The third kappa shape index (κ3) is 2.98. The molecule has 1 saturated heterocycles. The van der Waals surface area contributed by atoms with Crippen LogP contribution in [0.1, 0.15) is 18.4 Å². The van der Waals surface area contributed by atoms with Gasteiger partial charge in [-0.3, -0.25) is 10.1 Å². The van der Waals surface area contributed by atoms with Gasteiger partial charge in [0, 0.05) is 28.8 Å². The summed E-state index contributed by atoms with van der Waals surface area (Å²) in [5.74, 6) is 0. The number of nitro groups is 1. The van der Waals surface area contributed by atoms with Crippen molar-refractivity contribution in [3.05, 3.63) is 38.9 Å². The van der Waals surface area contributed by atoms with Gasteiger partial charge in [0.2, 0.25) is 0 Å². The predicted octanol–water partition coefficient (Wildman–Crippen LogP) is 2.30. The fourth-order valence-electron chi connectivity index (χ4n) is 2.27. The van der Waals surface area contributed by atoms with Gasteiger partial charge in [0.05, 0.1) is 11.5 Å². The van der Waals surface area contributed by atoms with E-state index < -0.39 is 10.5 Å². The third-order valence-electron chi connectivity index (χ3n) is 3.13. The van der Waals surface area contributed by atoms with E-state index in [1.165, 1.54) is 12.1 Å². The number of nitrogens with two attached hydrogens (primary N) is 1. The van der Waals surface area contributed by atoms with Gasteiger partial charge in [-0.1, -0.05) is 11.6 Å². The zero-order chi connectivity index (χ0) is 13.2. The first-order valence-corrected chi connectivity index (χ1v) is 6.17. The largest absolute Gasteiger partial charge is 0.380 e. The van der Waals surface area contributed by atoms with Crippen molar-refractivity contribution in [2.24, 2.45) is 5.73 Å². The SMILES string of the molecule is NC1(Cc2cc(Cl)ccc2[N+](=O)[O-])CCCOC1. The Balaban J connectivity index is 2.26. The van der Waals surface area contributed by atoms with Crippen molar-refractivity contribution >= 4 is 17.3 Å². The van der Waals surface area contributed by atoms with E-state index >= 15 is 0 Å². The van der Waals surface area contributed by atoms with Crippen LogP contribution in [0.3, 0.4) is 0 Å². The highest BCUT2D eigenvalue weighted by molar-refractivity contribution is 6.30. The number of hydrogen-bond donors (Lipinski definition) is 1. The number of rotatable bonds is 3. The molecule has 1 aliphatic rings. The highest BCUT2D eigenvalue weighted by atomic mass is 35.5. The molecule has 0 spiro atoms. The van der Waals surface area contributed by atoms with Crippen molar-refractivity contribution in [3.63, 3.8) is 0 Å². The molecule has 2 rings (SSSR count). The van der Waals surface area contributed by atoms with E-state index in [0.29, 0.717) is 30.2 Å². The fourth-order valence-corrected chi connectivity index (χ4v) is 2.46. The zero-order valence-electron chi connectivity index (χ0n) is 9.89. The maximum absolute atomic E-state index is 11.0. The normalized spacial score (nSPS) is 23.9. The molecule has 18 heavy (non-hydrogen) atoms. The van der Waals surface area contributed by atoms with Crippen molar-refractivity contribution in [1.29, 1.82) is 0 Å². The summed E-state index contributed by atoms with van der Waals surface area (Å²) in [6.07, 6.45) is 2.09. The zero-order valence-corrected chi connectivity index (χ0v) is 10.7. The number of nitro benzene ring substituents is 1. The van der Waals surface area contributed by atoms with Crippen molar-refractivity contribution in [1.82, 2.24) is 0 Å². The summed E-state index contributed by atoms with van der Waals surface area (Å²) in [5, 5.41) is 11.5. The van der Waals surface area contributed by atoms with Gasteiger partial charge in [-0.25, -0.2) is 0 Å². The van der Waals surface area contributed by atoms with Gasteiger partial charge in [0.1, 0.15) is 0 Å². The van der Waals surface area contributed by atoms with E-state index in [0.717, 1.165) is 12.8 Å². The standard InChI is InChI=1S/C12H15ClN2O3/c13-10-2-3-11(15(16)17)9(6-10)7-12(14)4-1-5-18-8-12/h2-3,6H,1,4-5,7-8,14H2. The molecule has 6 heteroatoms. The Hall–Kier alpha value is -1.17. The lowest BCUT2D eigenvalue weighted by Gasteiger charge is -2.33. The smallest absolute Gasteiger partial charge is 0.272 e. The minimum atomic E-state index is -0.534. The summed E-state index contributed by atoms with van der Waals surface area (Å²) >= 11 is 5.89. The number of benzene rings is 1. The monoisotopic (exact) mass is 270 g/mol. The Kier molecular flexibility index (Phi) is 3.85. The van der Waals surface area contributed by atoms with Crippen LogP contribution in [0.2, 0.25) is 5.02 Å². The van der Waals surface area contributed by atoms with Crippen LogP contribution in [0, 0.1) is 10.1 Å². The lowest BCUT2D eigenvalue weighted by Crippen LogP contribution is -2.49. The molecule has 1 unspecified atom stereocenters. The summed E-state index contributed by atoms with van der Waals surface area (Å²) in [7, 11) is 0. The van der Waals surface area contributed by atoms with Crippen LogP contribution >= 0.6 is 11.6 Å². The Morgan fingerprint density at radius 3 is 2.94 bits per heavy atom. The highest BCUT2D eigenvalue weighted by Crippen LogP contribution is 2.28. The van der Waals surface area contributed by atoms with Crippen molar-refractivity contribution in [2.45, 2.75) is 24.8 Å². The van der Waals surface area contributed by atoms with Crippen LogP contribution in [-0.4, -0.2) is 23.7 Å². The van der Waals surface area contributed by atoms with Crippen LogP contribution in [0.15, 0.2) is 18.2 Å². The molecule has 1 aliphatic heterocycles. The van der Waals surface area contributed by atoms with E-state index in [-0.39, 0.29) is 5.69 Å². The maximum Gasteiger partial charge on any atom is 0.272 e. The second kappa shape index (κ2) is 5.22. The molecule has 0 saturated carbocycles. The summed E-state index contributed by atoms with van der Waals surface area (Å²) < 4.78 is 5.36. The molecule has 5 nitrogen and oxygen atoms in total. The first kappa shape index (κ1) is 13.3. The molecule has 1 aromatic rings. The minimum absolute atomic E-state index is 0.0646. The van der Waals surface area contributed by atoms with Gasteiger partial charge >= 0.3 is 0 Å². The van der Waals surface area contributed by atoms with Crippen LogP contribution in [0.25, 0.3) is 0 Å². The van der Waals surface area contributed by atoms with Gasteiger partial charge in [-0.15, -0.1) is 0 Å². The van der Waals surface area contributed by atoms with Gasteiger partial charge in [-0.2, -0.15) is 0 Å². The summed E-state index contributed by atoms with van der Waals surface area (Å²) in [5.41, 5.74) is 6.32. The first-order valence-electron chi connectivity index (χ1n) is 5.80. The summed E-state index contributed by atoms with van der Waals surface area (Å²) in [6, 6.07) is 4.55. The number of nitrogens with zero attached hydrogens (tertiary/aromatic N) is 1. The Morgan fingerprint density at radius 2 is 2.33 bits per heavy atom. The van der Waals surface area contributed by atoms with Gasteiger partial charge in [0.25, 0.3) is 5.69 Å². The first-order chi connectivity index (χ1) is 8.50. The van der Waals surface area contributed by atoms with E-state index in [1.54, 1.807) is 6.07 Å². The summed E-state index contributed by atoms with van der Waals surface area (Å²) in [6.45, 7) is 1.13. The molecular weight excluding hydrogens is 256 g/mol. The van der Waals surface area contributed by atoms with Crippen LogP contribution in [0.5, 0.6) is 0 Å². The molecule has 2 N–H and O–H groups in total. The molecule has 0 amide bonds. The van der Waals surface area contributed by atoms with Gasteiger partial charge in [0.15, 0.2) is 0 Å². The molecule has 0 aliphatic carbocycles. The van der Waals surface area contributed by atoms with Gasteiger partial charge in [-0.05, 0) is 31.4 Å². The number of hydrogen-bond acceptors (Lipinski definition) is 4. The van der Waals surface area contributed by atoms with Crippen LogP contribution in [0.4, 0.5) is 5.69 Å². The summed E-state index contributed by atoms with van der Waals surface area (Å²) in [4.78, 5) is 10.6. The minimum Gasteiger partial charge on any atom is -0.380 e. The molecule has 1 atom stereocenters. The molecule has 98 valence electrons. The van der Waals surface area contributed by atoms with E-state index in [4.69, 9.17) is 22.1 Å². The molecule has 1 heterocycles. The fraction of sp³-hybridized carbons (Fsp3) is 0.500. The lowest BCUT2D eigenvalue weighted by molar-refractivity contribution is -0.385. The molecular formula is C12H15ClN2O3. The molecule has 0 radical (unpaired) electrons. The van der Waals surface area contributed by atoms with E-state index in [1.807, 2.05) is 0 Å². The van der Waals surface area contributed by atoms with Crippen molar-refractivity contribution in [2.75, 3.05) is 13.2 Å². The average molecular weight is 271 g/mol. The predicted molar refractivity (Wildman–Crippen MR) is 68.8 cm³/mol. The van der Waals surface area contributed by atoms with Crippen LogP contribution in [-0.2, 0) is 11.2 Å². The molecule has 1 aromatic carbocycles. The Bertz CT molecular complexity index is 459. The lowest BCUT2D eigenvalue weighted by atomic mass is 9.86. The Labute approximate surface area is 110 Å². The highest BCUT2D eigenvalue weighted by Gasteiger charge is 2.31. The quantitative estimate of drug-likeness (QED) is 0.675. The second-order valence-corrected chi connectivity index (χ2v) is 5.16. The second-order valence-electron chi connectivity index (χ2n) is 4.73. The number of ether oxygens (including phenoxy) is 1. The molecule has 1 fully saturated rings. The van der Waals surface area contributed by atoms with Crippen molar-refractivity contribution < 1.29 is 9.66 Å².